The molecule has 1 rings (SSSR count). The van der Waals surface area contributed by atoms with Gasteiger partial charge in [-0.1, -0.05) is 23.2 Å². The van der Waals surface area contributed by atoms with Gasteiger partial charge in [-0.15, -0.1) is 0 Å². The van der Waals surface area contributed by atoms with Crippen LogP contribution >= 0.6 is 23.2 Å². The van der Waals surface area contributed by atoms with Crippen LogP contribution in [0.25, 0.3) is 0 Å². The predicted molar refractivity (Wildman–Crippen MR) is 47.9 cm³/mol. The highest BCUT2D eigenvalue weighted by molar-refractivity contribution is 7.86. The lowest BCUT2D eigenvalue weighted by Gasteiger charge is -2.03. The van der Waals surface area contributed by atoms with Crippen LogP contribution < -0.4 is 0 Å². The van der Waals surface area contributed by atoms with Gasteiger partial charge < -0.3 is 5.11 Å². The Balaban J connectivity index is 3.53. The third-order valence-corrected chi connectivity index (χ3v) is 3.01. The highest BCUT2D eigenvalue weighted by atomic mass is 35.5. The van der Waals surface area contributed by atoms with Crippen LogP contribution in [0.1, 0.15) is 0 Å². The zero-order valence-corrected chi connectivity index (χ0v) is 8.36. The molecule has 1 aromatic carbocycles. The molecule has 1 aromatic rings. The van der Waals surface area contributed by atoms with Gasteiger partial charge in [-0.25, -0.2) is 0 Å². The highest BCUT2D eigenvalue weighted by Gasteiger charge is 2.18. The molecule has 0 atom stereocenters. The molecule has 0 amide bonds. The van der Waals surface area contributed by atoms with Gasteiger partial charge in [0.15, 0.2) is 5.75 Å². The number of rotatable bonds is 1. The van der Waals surface area contributed by atoms with E-state index in [1.54, 1.807) is 0 Å². The van der Waals surface area contributed by atoms with E-state index >= 15 is 0 Å². The van der Waals surface area contributed by atoms with Gasteiger partial charge in [0.05, 0.1) is 5.02 Å². The quantitative estimate of drug-likeness (QED) is 0.739. The van der Waals surface area contributed by atoms with Crippen molar-refractivity contribution in [1.82, 2.24) is 0 Å². The summed E-state index contributed by atoms with van der Waals surface area (Å²) in [5.41, 5.74) is 0. The zero-order valence-electron chi connectivity index (χ0n) is 6.03. The number of benzene rings is 1. The van der Waals surface area contributed by atoms with Gasteiger partial charge in [0.2, 0.25) is 0 Å². The van der Waals surface area contributed by atoms with Crippen LogP contribution in [0.4, 0.5) is 0 Å². The molecule has 7 heteroatoms. The molecule has 2 N–H and O–H groups in total. The number of phenols is 1. The van der Waals surface area contributed by atoms with Crippen molar-refractivity contribution in [2.24, 2.45) is 0 Å². The molecule has 0 radical (unpaired) electrons. The number of halogens is 2. The Kier molecular flexibility index (Phi) is 2.72. The number of aromatic hydroxyl groups is 1. The minimum absolute atomic E-state index is 0.0857. The Morgan fingerprint density at radius 3 is 2.23 bits per heavy atom. The Morgan fingerprint density at radius 1 is 1.23 bits per heavy atom. The van der Waals surface area contributed by atoms with Crippen molar-refractivity contribution >= 4 is 33.3 Å². The van der Waals surface area contributed by atoms with Gasteiger partial charge in [-0.05, 0) is 12.1 Å². The van der Waals surface area contributed by atoms with Crippen molar-refractivity contribution in [1.29, 1.82) is 0 Å². The van der Waals surface area contributed by atoms with Crippen LogP contribution in [0.3, 0.4) is 0 Å². The highest BCUT2D eigenvalue weighted by Crippen LogP contribution is 2.36. The molecule has 0 heterocycles. The van der Waals surface area contributed by atoms with Crippen LogP contribution in [-0.2, 0) is 10.1 Å². The van der Waals surface area contributed by atoms with Gasteiger partial charge in [-0.2, -0.15) is 8.42 Å². The standard InChI is InChI=1S/C6H4Cl2O4S/c7-3-1-2-4(13(10,11)12)5(8)6(3)9/h1-2,9H,(H,10,11,12). The third kappa shape index (κ3) is 2.05. The average Bonchev–Trinajstić information content (AvgIpc) is 1.98. The molecule has 0 aliphatic rings. The van der Waals surface area contributed by atoms with E-state index in [1.807, 2.05) is 0 Å². The van der Waals surface area contributed by atoms with Gasteiger partial charge in [0.1, 0.15) is 9.92 Å². The Labute approximate surface area is 84.5 Å². The van der Waals surface area contributed by atoms with Crippen molar-refractivity contribution < 1.29 is 18.1 Å². The molecule has 0 aliphatic heterocycles. The molecule has 4 nitrogen and oxygen atoms in total. The largest absolute Gasteiger partial charge is 0.505 e. The van der Waals surface area contributed by atoms with Crippen molar-refractivity contribution in [3.63, 3.8) is 0 Å². The first-order valence-corrected chi connectivity index (χ1v) is 5.18. The second kappa shape index (κ2) is 3.34. The fraction of sp³-hybridized carbons (Fsp3) is 0. The summed E-state index contributed by atoms with van der Waals surface area (Å²) in [5, 5.41) is 8.53. The molecule has 0 saturated heterocycles. The summed E-state index contributed by atoms with van der Waals surface area (Å²) in [4.78, 5) is -0.573. The van der Waals surface area contributed by atoms with E-state index < -0.39 is 25.8 Å². The number of phenolic OH excluding ortho intramolecular Hbond substituents is 1. The smallest absolute Gasteiger partial charge is 0.296 e. The molecule has 0 aliphatic carbocycles. The monoisotopic (exact) mass is 242 g/mol. The first-order valence-electron chi connectivity index (χ1n) is 2.98. The van der Waals surface area contributed by atoms with Gasteiger partial charge in [-0.3, -0.25) is 4.55 Å². The first-order chi connectivity index (χ1) is 5.84. The summed E-state index contributed by atoms with van der Waals surface area (Å²) in [7, 11) is -4.42. The minimum atomic E-state index is -4.42. The van der Waals surface area contributed by atoms with E-state index in [0.717, 1.165) is 12.1 Å². The fourth-order valence-electron chi connectivity index (χ4n) is 0.722. The normalized spacial score (nSPS) is 11.6. The maximum Gasteiger partial charge on any atom is 0.296 e. The zero-order chi connectivity index (χ0) is 10.2. The molecule has 0 unspecified atom stereocenters. The molecule has 0 spiro atoms. The lowest BCUT2D eigenvalue weighted by molar-refractivity contribution is 0.467. The second-order valence-electron chi connectivity index (χ2n) is 2.18. The summed E-state index contributed by atoms with van der Waals surface area (Å²) in [6.07, 6.45) is 0. The lowest BCUT2D eigenvalue weighted by atomic mass is 10.3. The maximum atomic E-state index is 10.6. The van der Waals surface area contributed by atoms with Crippen molar-refractivity contribution in [3.8, 4) is 5.75 Å². The lowest BCUT2D eigenvalue weighted by Crippen LogP contribution is -1.98. The Morgan fingerprint density at radius 2 is 1.77 bits per heavy atom. The summed E-state index contributed by atoms with van der Waals surface area (Å²) in [6, 6.07) is 2.12. The van der Waals surface area contributed by atoms with Crippen LogP contribution in [0, 0.1) is 0 Å². The third-order valence-electron chi connectivity index (χ3n) is 1.31. The van der Waals surface area contributed by atoms with E-state index in [0.29, 0.717) is 0 Å². The van der Waals surface area contributed by atoms with Gasteiger partial charge >= 0.3 is 0 Å². The minimum Gasteiger partial charge on any atom is -0.505 e. The number of hydrogen-bond donors (Lipinski definition) is 2. The average molecular weight is 243 g/mol. The molecule has 0 bridgehead atoms. The van der Waals surface area contributed by atoms with Gasteiger partial charge in [0, 0.05) is 0 Å². The molecule has 13 heavy (non-hydrogen) atoms. The summed E-state index contributed by atoms with van der Waals surface area (Å²) in [6.45, 7) is 0. The molecule has 0 fully saturated rings. The molecular weight excluding hydrogens is 239 g/mol. The van der Waals surface area contributed by atoms with E-state index in [2.05, 4.69) is 0 Å². The van der Waals surface area contributed by atoms with Gasteiger partial charge in [0.25, 0.3) is 10.1 Å². The Bertz CT molecular complexity index is 440. The predicted octanol–water partition coefficient (Wildman–Crippen LogP) is 1.95. The molecule has 72 valence electrons. The molecule has 0 aromatic heterocycles. The van der Waals surface area contributed by atoms with E-state index in [4.69, 9.17) is 32.9 Å². The van der Waals surface area contributed by atoms with Crippen molar-refractivity contribution in [3.05, 3.63) is 22.2 Å². The number of hydrogen-bond acceptors (Lipinski definition) is 3. The topological polar surface area (TPSA) is 74.6 Å². The van der Waals surface area contributed by atoms with Crippen LogP contribution in [0.5, 0.6) is 5.75 Å². The molecule has 0 saturated carbocycles. The summed E-state index contributed by atoms with van der Waals surface area (Å²) < 4.78 is 29.9. The first kappa shape index (κ1) is 10.6. The summed E-state index contributed by atoms with van der Waals surface area (Å²) in [5.74, 6) is -0.571. The summed E-state index contributed by atoms with van der Waals surface area (Å²) >= 11 is 10.8. The second-order valence-corrected chi connectivity index (χ2v) is 4.36. The molecular formula is C6H4Cl2O4S. The van der Waals surface area contributed by atoms with Crippen LogP contribution in [0.15, 0.2) is 17.0 Å². The van der Waals surface area contributed by atoms with Crippen molar-refractivity contribution in [2.45, 2.75) is 4.90 Å². The Hall–Kier alpha value is -0.490. The van der Waals surface area contributed by atoms with E-state index in [1.165, 1.54) is 0 Å². The fourth-order valence-corrected chi connectivity index (χ4v) is 1.95. The van der Waals surface area contributed by atoms with E-state index in [-0.39, 0.29) is 5.02 Å². The van der Waals surface area contributed by atoms with E-state index in [9.17, 15) is 8.42 Å². The SMILES string of the molecule is O=S(=O)(O)c1ccc(Cl)c(O)c1Cl. The van der Waals surface area contributed by atoms with Crippen molar-refractivity contribution in [2.75, 3.05) is 0 Å². The maximum absolute atomic E-state index is 10.6. The van der Waals surface area contributed by atoms with Crippen LogP contribution in [0.2, 0.25) is 10.0 Å². The van der Waals surface area contributed by atoms with Crippen LogP contribution in [-0.4, -0.2) is 18.1 Å².